The Kier molecular flexibility index (Phi) is 5.65. The summed E-state index contributed by atoms with van der Waals surface area (Å²) < 4.78 is 7.27. The number of aryl methyl sites for hydroxylation is 2. The van der Waals surface area contributed by atoms with E-state index in [0.717, 1.165) is 68.9 Å². The van der Waals surface area contributed by atoms with E-state index >= 15 is 0 Å². The van der Waals surface area contributed by atoms with Gasteiger partial charge in [-0.2, -0.15) is 5.10 Å². The Morgan fingerprint density at radius 1 is 1.11 bits per heavy atom. The highest BCUT2D eigenvalue weighted by molar-refractivity contribution is 5.95. The third kappa shape index (κ3) is 4.25. The number of carbonyl (C=O) groups is 1. The summed E-state index contributed by atoms with van der Waals surface area (Å²) >= 11 is 0. The maximum atomic E-state index is 13.3. The molecule has 0 radical (unpaired) electrons. The summed E-state index contributed by atoms with van der Waals surface area (Å²) in [4.78, 5) is 25.3. The molecule has 1 N–H and O–H groups in total. The van der Waals surface area contributed by atoms with Gasteiger partial charge in [0.15, 0.2) is 0 Å². The molecule has 182 valence electrons. The number of carbonyl (C=O) groups excluding carboxylic acids is 1. The molecule has 3 heterocycles. The number of hydrogen-bond donors (Lipinski definition) is 1. The highest BCUT2D eigenvalue weighted by atomic mass is 16.5. The Balaban J connectivity index is 1.27. The van der Waals surface area contributed by atoms with Crippen LogP contribution in [0.3, 0.4) is 0 Å². The van der Waals surface area contributed by atoms with Crippen molar-refractivity contribution in [1.29, 1.82) is 0 Å². The maximum absolute atomic E-state index is 13.3. The van der Waals surface area contributed by atoms with Crippen LogP contribution in [-0.2, 0) is 17.6 Å². The monoisotopic (exact) mass is 472 g/mol. The minimum Gasteiger partial charge on any atom is -0.379 e. The van der Waals surface area contributed by atoms with Gasteiger partial charge in [-0.25, -0.2) is 14.6 Å². The highest BCUT2D eigenvalue weighted by Gasteiger charge is 2.35. The molecule has 1 aliphatic heterocycles. The van der Waals surface area contributed by atoms with Crippen LogP contribution in [0.5, 0.6) is 0 Å². The fourth-order valence-corrected chi connectivity index (χ4v) is 5.27. The minimum absolute atomic E-state index is 0.0807. The molecule has 1 amide bonds. The standard InChI is InChI=1S/C27H32N6O2/c1-27(2,32-11-13-35-14-12-32)17-29-25(34)22-16-30-33(24(22)19-8-9-19)26-28-15-20-10-7-18-5-3-4-6-21(18)23(20)31-26/h3-6,15-16,19H,7-14,17H2,1-2H3,(H,29,34). The second kappa shape index (κ2) is 8.84. The summed E-state index contributed by atoms with van der Waals surface area (Å²) in [6.45, 7) is 8.14. The van der Waals surface area contributed by atoms with Gasteiger partial charge in [0.2, 0.25) is 0 Å². The molecule has 1 aromatic carbocycles. The zero-order valence-electron chi connectivity index (χ0n) is 20.5. The van der Waals surface area contributed by atoms with E-state index in [9.17, 15) is 4.79 Å². The smallest absolute Gasteiger partial charge is 0.254 e. The van der Waals surface area contributed by atoms with Crippen LogP contribution in [0.25, 0.3) is 17.2 Å². The largest absolute Gasteiger partial charge is 0.379 e. The number of hydrogen-bond acceptors (Lipinski definition) is 6. The van der Waals surface area contributed by atoms with Gasteiger partial charge in [-0.05, 0) is 50.7 Å². The quantitative estimate of drug-likeness (QED) is 0.593. The molecule has 0 bridgehead atoms. The predicted octanol–water partition coefficient (Wildman–Crippen LogP) is 3.15. The van der Waals surface area contributed by atoms with Gasteiger partial charge in [-0.1, -0.05) is 24.3 Å². The molecule has 2 aromatic heterocycles. The molecule has 0 unspecified atom stereocenters. The van der Waals surface area contributed by atoms with Gasteiger partial charge in [0.05, 0.1) is 36.4 Å². The summed E-state index contributed by atoms with van der Waals surface area (Å²) in [5, 5.41) is 7.78. The molecule has 0 spiro atoms. The van der Waals surface area contributed by atoms with E-state index in [2.05, 4.69) is 58.4 Å². The van der Waals surface area contributed by atoms with E-state index < -0.39 is 0 Å². The van der Waals surface area contributed by atoms with E-state index in [1.165, 1.54) is 11.1 Å². The topological polar surface area (TPSA) is 85.2 Å². The molecule has 3 aromatic rings. The summed E-state index contributed by atoms with van der Waals surface area (Å²) in [5.41, 5.74) is 6.03. The first kappa shape index (κ1) is 22.4. The lowest BCUT2D eigenvalue weighted by Crippen LogP contribution is -2.55. The lowest BCUT2D eigenvalue weighted by molar-refractivity contribution is -0.00923. The number of fused-ring (bicyclic) bond motifs is 3. The Morgan fingerprint density at radius 2 is 1.89 bits per heavy atom. The molecule has 1 saturated carbocycles. The third-order valence-corrected chi connectivity index (χ3v) is 7.54. The number of nitrogens with zero attached hydrogens (tertiary/aromatic N) is 5. The van der Waals surface area contributed by atoms with Gasteiger partial charge in [0.1, 0.15) is 0 Å². The predicted molar refractivity (Wildman–Crippen MR) is 133 cm³/mol. The number of aromatic nitrogens is 4. The molecule has 8 heteroatoms. The van der Waals surface area contributed by atoms with Crippen molar-refractivity contribution in [1.82, 2.24) is 30.0 Å². The lowest BCUT2D eigenvalue weighted by atomic mass is 9.90. The summed E-state index contributed by atoms with van der Waals surface area (Å²) in [7, 11) is 0. The van der Waals surface area contributed by atoms with Crippen molar-refractivity contribution in [3.63, 3.8) is 0 Å². The molecule has 2 fully saturated rings. The zero-order valence-corrected chi connectivity index (χ0v) is 20.5. The lowest BCUT2D eigenvalue weighted by Gasteiger charge is -2.40. The molecule has 6 rings (SSSR count). The number of rotatable bonds is 6. The van der Waals surface area contributed by atoms with Gasteiger partial charge in [-0.15, -0.1) is 0 Å². The number of morpholine rings is 1. The number of benzene rings is 1. The first-order valence-electron chi connectivity index (χ1n) is 12.6. The first-order valence-corrected chi connectivity index (χ1v) is 12.6. The average molecular weight is 473 g/mol. The van der Waals surface area contributed by atoms with E-state index in [4.69, 9.17) is 9.72 Å². The van der Waals surface area contributed by atoms with Gasteiger partial charge in [0.25, 0.3) is 11.9 Å². The summed E-state index contributed by atoms with van der Waals surface area (Å²) in [6.07, 6.45) is 7.66. The third-order valence-electron chi connectivity index (χ3n) is 7.54. The maximum Gasteiger partial charge on any atom is 0.254 e. The number of nitrogens with one attached hydrogen (secondary N) is 1. The fourth-order valence-electron chi connectivity index (χ4n) is 5.27. The van der Waals surface area contributed by atoms with Crippen LogP contribution in [0.2, 0.25) is 0 Å². The van der Waals surface area contributed by atoms with E-state index in [1.807, 2.05) is 6.20 Å². The fraction of sp³-hybridized carbons (Fsp3) is 0.481. The van der Waals surface area contributed by atoms with E-state index in [0.29, 0.717) is 24.0 Å². The summed E-state index contributed by atoms with van der Waals surface area (Å²) in [6, 6.07) is 8.44. The molecule has 35 heavy (non-hydrogen) atoms. The van der Waals surface area contributed by atoms with Crippen LogP contribution in [-0.4, -0.2) is 68.9 Å². The first-order chi connectivity index (χ1) is 17.0. The van der Waals surface area contributed by atoms with Gasteiger partial charge >= 0.3 is 0 Å². The van der Waals surface area contributed by atoms with Crippen LogP contribution in [0, 0.1) is 0 Å². The Labute approximate surface area is 205 Å². The SMILES string of the molecule is CC(C)(CNC(=O)c1cnn(-c2ncc3c(n2)-c2ccccc2CC3)c1C1CC1)N1CCOCC1. The Morgan fingerprint density at radius 3 is 2.69 bits per heavy atom. The Hall–Kier alpha value is -3.10. The van der Waals surface area contributed by atoms with Crippen molar-refractivity contribution in [2.24, 2.45) is 0 Å². The van der Waals surface area contributed by atoms with Gasteiger partial charge in [-0.3, -0.25) is 9.69 Å². The van der Waals surface area contributed by atoms with E-state index in [-0.39, 0.29) is 11.4 Å². The zero-order chi connectivity index (χ0) is 24.0. The minimum atomic E-state index is -0.149. The molecular weight excluding hydrogens is 440 g/mol. The van der Waals surface area contributed by atoms with Crippen LogP contribution in [0.4, 0.5) is 0 Å². The van der Waals surface area contributed by atoms with Crippen LogP contribution in [0.15, 0.2) is 36.7 Å². The van der Waals surface area contributed by atoms with Crippen molar-refractivity contribution in [3.05, 3.63) is 59.0 Å². The van der Waals surface area contributed by atoms with Crippen molar-refractivity contribution < 1.29 is 9.53 Å². The van der Waals surface area contributed by atoms with Gasteiger partial charge < -0.3 is 10.1 Å². The Bertz CT molecular complexity index is 1260. The second-order valence-corrected chi connectivity index (χ2v) is 10.4. The molecular formula is C27H32N6O2. The van der Waals surface area contributed by atoms with E-state index in [1.54, 1.807) is 10.9 Å². The van der Waals surface area contributed by atoms with Crippen molar-refractivity contribution in [3.8, 4) is 17.2 Å². The van der Waals surface area contributed by atoms with Crippen molar-refractivity contribution in [2.75, 3.05) is 32.8 Å². The second-order valence-electron chi connectivity index (χ2n) is 10.4. The molecule has 3 aliphatic rings. The number of ether oxygens (including phenoxy) is 1. The number of amides is 1. The molecule has 0 atom stereocenters. The highest BCUT2D eigenvalue weighted by Crippen LogP contribution is 2.42. The van der Waals surface area contributed by atoms with Crippen molar-refractivity contribution >= 4 is 5.91 Å². The van der Waals surface area contributed by atoms with Gasteiger partial charge in [0, 0.05) is 42.9 Å². The summed E-state index contributed by atoms with van der Waals surface area (Å²) in [5.74, 6) is 0.773. The van der Waals surface area contributed by atoms with Crippen LogP contribution < -0.4 is 5.32 Å². The van der Waals surface area contributed by atoms with Crippen LogP contribution >= 0.6 is 0 Å². The molecule has 1 saturated heterocycles. The average Bonchev–Trinajstić information content (AvgIpc) is 3.65. The van der Waals surface area contributed by atoms with Crippen molar-refractivity contribution in [2.45, 2.75) is 51.0 Å². The van der Waals surface area contributed by atoms with Crippen LogP contribution in [0.1, 0.15) is 59.8 Å². The molecule has 8 nitrogen and oxygen atoms in total. The molecule has 2 aliphatic carbocycles. The normalized spacial score (nSPS) is 18.1.